The number of carbonyl (C=O) groups is 5. The molecule has 1 aromatic rings. The van der Waals surface area contributed by atoms with Crippen molar-refractivity contribution in [2.75, 3.05) is 6.54 Å². The first-order chi connectivity index (χ1) is 21.2. The molecule has 2 fully saturated rings. The van der Waals surface area contributed by atoms with E-state index < -0.39 is 47.7 Å². The minimum atomic E-state index is -1.16. The van der Waals surface area contributed by atoms with Crippen molar-refractivity contribution in [3.8, 4) is 0 Å². The first kappa shape index (κ1) is 35.7. The largest absolute Gasteiger partial charge is 0.445 e. The summed E-state index contributed by atoms with van der Waals surface area (Å²) in [4.78, 5) is 64.9. The number of nitrogens with one attached hydrogen (secondary N) is 4. The molecular formula is C34H50N4O7. The van der Waals surface area contributed by atoms with Crippen molar-refractivity contribution in [1.29, 1.82) is 0 Å². The average molecular weight is 627 g/mol. The standard InChI is InChI=1S/C34H50N4O7/c1-21(2)18-27(31(41)36-26(14-15-28(39)24-12-13-24)19-25-16-17-35-30(25)40)37-32(42)29(22(3)45-34(4,5)6)38-33(43)44-20-23-10-8-7-9-11-23/h7-11,14-15,21-22,24-27,29H,12-13,16-20H2,1-6H3,(H,35,40)(H,36,41)(H,37,42)(H,38,43)/t22-,25+,26-,27+,29+/m1/s1. The number of hydrogen-bond acceptors (Lipinski definition) is 7. The fourth-order valence-corrected chi connectivity index (χ4v) is 5.24. The van der Waals surface area contributed by atoms with Crippen LogP contribution in [-0.2, 0) is 35.3 Å². The summed E-state index contributed by atoms with van der Waals surface area (Å²) in [7, 11) is 0. The zero-order chi connectivity index (χ0) is 33.1. The van der Waals surface area contributed by atoms with E-state index in [0.717, 1.165) is 18.4 Å². The number of carbonyl (C=O) groups excluding carboxylic acids is 5. The maximum absolute atomic E-state index is 13.7. The van der Waals surface area contributed by atoms with Gasteiger partial charge in [0, 0.05) is 24.4 Å². The second kappa shape index (κ2) is 16.5. The number of rotatable bonds is 16. The predicted molar refractivity (Wildman–Crippen MR) is 170 cm³/mol. The number of alkyl carbamates (subject to hydrolysis) is 1. The van der Waals surface area contributed by atoms with Gasteiger partial charge in [-0.2, -0.15) is 0 Å². The molecule has 11 nitrogen and oxygen atoms in total. The molecule has 4 N–H and O–H groups in total. The molecule has 3 rings (SSSR count). The summed E-state index contributed by atoms with van der Waals surface area (Å²) in [5.41, 5.74) is 0.172. The van der Waals surface area contributed by atoms with Gasteiger partial charge in [0.1, 0.15) is 18.7 Å². The zero-order valence-electron chi connectivity index (χ0n) is 27.4. The lowest BCUT2D eigenvalue weighted by atomic mass is 9.96. The van der Waals surface area contributed by atoms with Gasteiger partial charge in [-0.05, 0) is 77.4 Å². The van der Waals surface area contributed by atoms with Crippen LogP contribution in [0.4, 0.5) is 4.79 Å². The maximum Gasteiger partial charge on any atom is 0.408 e. The van der Waals surface area contributed by atoms with Crippen molar-refractivity contribution in [2.24, 2.45) is 17.8 Å². The van der Waals surface area contributed by atoms with E-state index in [9.17, 15) is 24.0 Å². The van der Waals surface area contributed by atoms with Crippen molar-refractivity contribution in [1.82, 2.24) is 21.3 Å². The highest BCUT2D eigenvalue weighted by Crippen LogP contribution is 2.30. The lowest BCUT2D eigenvalue weighted by Crippen LogP contribution is -2.59. The number of ether oxygens (including phenoxy) is 2. The van der Waals surface area contributed by atoms with Crippen molar-refractivity contribution < 1.29 is 33.4 Å². The average Bonchev–Trinajstić information content (AvgIpc) is 3.74. The Bertz CT molecular complexity index is 1210. The molecule has 45 heavy (non-hydrogen) atoms. The Morgan fingerprint density at radius 3 is 2.24 bits per heavy atom. The number of ketones is 1. The summed E-state index contributed by atoms with van der Waals surface area (Å²) < 4.78 is 11.4. The third-order valence-electron chi connectivity index (χ3n) is 7.62. The van der Waals surface area contributed by atoms with Crippen LogP contribution in [0.3, 0.4) is 0 Å². The zero-order valence-corrected chi connectivity index (χ0v) is 27.4. The van der Waals surface area contributed by atoms with Crippen molar-refractivity contribution in [2.45, 2.75) is 110 Å². The van der Waals surface area contributed by atoms with E-state index in [0.29, 0.717) is 25.8 Å². The Morgan fingerprint density at radius 1 is 0.978 bits per heavy atom. The minimum absolute atomic E-state index is 0.0121. The molecular weight excluding hydrogens is 576 g/mol. The van der Waals surface area contributed by atoms with E-state index in [2.05, 4.69) is 21.3 Å². The molecule has 11 heteroatoms. The van der Waals surface area contributed by atoms with Gasteiger partial charge in [-0.1, -0.05) is 50.3 Å². The third-order valence-corrected chi connectivity index (χ3v) is 7.62. The van der Waals surface area contributed by atoms with Gasteiger partial charge in [-0.25, -0.2) is 4.79 Å². The number of allylic oxidation sites excluding steroid dienone is 1. The molecule has 1 saturated carbocycles. The van der Waals surface area contributed by atoms with Gasteiger partial charge in [0.05, 0.1) is 11.7 Å². The molecule has 0 spiro atoms. The molecule has 1 aliphatic carbocycles. The van der Waals surface area contributed by atoms with Crippen LogP contribution in [0.1, 0.15) is 79.2 Å². The lowest BCUT2D eigenvalue weighted by molar-refractivity contribution is -0.135. The van der Waals surface area contributed by atoms with Crippen LogP contribution >= 0.6 is 0 Å². The lowest BCUT2D eigenvalue weighted by Gasteiger charge is -2.32. The van der Waals surface area contributed by atoms with E-state index in [1.54, 1.807) is 13.0 Å². The molecule has 1 heterocycles. The molecule has 248 valence electrons. The van der Waals surface area contributed by atoms with Crippen LogP contribution in [0.15, 0.2) is 42.5 Å². The highest BCUT2D eigenvalue weighted by Gasteiger charge is 2.35. The molecule has 2 aliphatic rings. The van der Waals surface area contributed by atoms with E-state index >= 15 is 0 Å². The van der Waals surface area contributed by atoms with Gasteiger partial charge in [0.25, 0.3) is 0 Å². The van der Waals surface area contributed by atoms with Crippen LogP contribution in [-0.4, -0.2) is 66.0 Å². The molecule has 5 atom stereocenters. The Morgan fingerprint density at radius 2 is 1.67 bits per heavy atom. The first-order valence-electron chi connectivity index (χ1n) is 16.0. The van der Waals surface area contributed by atoms with Crippen molar-refractivity contribution in [3.05, 3.63) is 48.0 Å². The Labute approximate surface area is 266 Å². The van der Waals surface area contributed by atoms with E-state index in [4.69, 9.17) is 9.47 Å². The fraction of sp³-hybridized carbons (Fsp3) is 0.618. The summed E-state index contributed by atoms with van der Waals surface area (Å²) >= 11 is 0. The van der Waals surface area contributed by atoms with Gasteiger partial charge < -0.3 is 30.7 Å². The number of benzene rings is 1. The molecule has 1 aromatic carbocycles. The summed E-state index contributed by atoms with van der Waals surface area (Å²) in [5, 5.41) is 11.2. The van der Waals surface area contributed by atoms with E-state index in [1.165, 1.54) is 6.08 Å². The normalized spacial score (nSPS) is 19.4. The van der Waals surface area contributed by atoms with Crippen LogP contribution in [0.5, 0.6) is 0 Å². The van der Waals surface area contributed by atoms with Crippen LogP contribution in [0.2, 0.25) is 0 Å². The summed E-state index contributed by atoms with van der Waals surface area (Å²) in [6, 6.07) is 6.48. The van der Waals surface area contributed by atoms with E-state index in [1.807, 2.05) is 65.0 Å². The van der Waals surface area contributed by atoms with Crippen LogP contribution in [0.25, 0.3) is 0 Å². The topological polar surface area (TPSA) is 152 Å². The summed E-state index contributed by atoms with van der Waals surface area (Å²) in [6.07, 6.45) is 4.61. The van der Waals surface area contributed by atoms with Gasteiger partial charge in [-0.3, -0.25) is 19.2 Å². The van der Waals surface area contributed by atoms with Crippen molar-refractivity contribution >= 4 is 29.6 Å². The Kier molecular flexibility index (Phi) is 13.1. The quantitative estimate of drug-likeness (QED) is 0.205. The highest BCUT2D eigenvalue weighted by atomic mass is 16.6. The van der Waals surface area contributed by atoms with Crippen molar-refractivity contribution in [3.63, 3.8) is 0 Å². The second-order valence-electron chi connectivity index (χ2n) is 13.5. The summed E-state index contributed by atoms with van der Waals surface area (Å²) in [6.45, 7) is 11.7. The van der Waals surface area contributed by atoms with Gasteiger partial charge >= 0.3 is 6.09 Å². The minimum Gasteiger partial charge on any atom is -0.445 e. The monoisotopic (exact) mass is 626 g/mol. The fourth-order valence-electron chi connectivity index (χ4n) is 5.24. The van der Waals surface area contributed by atoms with Gasteiger partial charge in [0.2, 0.25) is 17.7 Å². The SMILES string of the molecule is CC(C)C[C@H](NC(=O)[C@@H](NC(=O)OCc1ccccc1)[C@@H](C)OC(C)(C)C)C(=O)N[C@H](C=CC(=O)C1CC1)C[C@@H]1CCNC1=O. The Balaban J connectivity index is 1.74. The van der Waals surface area contributed by atoms with Gasteiger partial charge in [0.15, 0.2) is 5.78 Å². The van der Waals surface area contributed by atoms with Crippen LogP contribution in [0, 0.1) is 17.8 Å². The first-order valence-corrected chi connectivity index (χ1v) is 16.0. The smallest absolute Gasteiger partial charge is 0.408 e. The Hall–Kier alpha value is -3.73. The molecule has 0 unspecified atom stereocenters. The number of amides is 4. The molecule has 1 aliphatic heterocycles. The molecule has 0 radical (unpaired) electrons. The number of hydrogen-bond donors (Lipinski definition) is 4. The van der Waals surface area contributed by atoms with E-state index in [-0.39, 0.29) is 36.1 Å². The van der Waals surface area contributed by atoms with Gasteiger partial charge in [-0.15, -0.1) is 0 Å². The molecule has 1 saturated heterocycles. The third kappa shape index (κ3) is 12.7. The molecule has 0 aromatic heterocycles. The maximum atomic E-state index is 13.7. The predicted octanol–water partition coefficient (Wildman–Crippen LogP) is 3.56. The highest BCUT2D eigenvalue weighted by molar-refractivity contribution is 5.94. The summed E-state index contributed by atoms with van der Waals surface area (Å²) in [5.74, 6) is -1.34. The molecule has 0 bridgehead atoms. The van der Waals surface area contributed by atoms with Crippen LogP contribution < -0.4 is 21.3 Å². The molecule has 4 amide bonds. The second-order valence-corrected chi connectivity index (χ2v) is 13.5.